The third-order valence-electron chi connectivity index (χ3n) is 2.67. The van der Waals surface area contributed by atoms with Crippen molar-refractivity contribution in [1.29, 1.82) is 0 Å². The highest BCUT2D eigenvalue weighted by Gasteiger charge is 2.09. The Morgan fingerprint density at radius 3 is 2.80 bits per heavy atom. The summed E-state index contributed by atoms with van der Waals surface area (Å²) in [6, 6.07) is 5.68. The van der Waals surface area contributed by atoms with E-state index in [-0.39, 0.29) is 16.6 Å². The maximum absolute atomic E-state index is 13.0. The Hall–Kier alpha value is -1.72. The number of halogens is 2. The van der Waals surface area contributed by atoms with Crippen molar-refractivity contribution in [2.45, 2.75) is 26.4 Å². The number of hydrogen-bond donors (Lipinski definition) is 2. The molecule has 0 aliphatic carbocycles. The molecule has 0 unspecified atom stereocenters. The van der Waals surface area contributed by atoms with Crippen molar-refractivity contribution < 1.29 is 4.39 Å². The molecule has 2 N–H and O–H groups in total. The summed E-state index contributed by atoms with van der Waals surface area (Å²) in [7, 11) is 0. The molecule has 2 aromatic rings. The quantitative estimate of drug-likeness (QED) is 0.912. The molecule has 0 amide bonds. The monoisotopic (exact) mass is 295 g/mol. The molecule has 0 aliphatic rings. The highest BCUT2D eigenvalue weighted by atomic mass is 35.5. The molecular weight excluding hydrogens is 281 g/mol. The molecule has 0 fully saturated rings. The molecule has 106 valence electrons. The van der Waals surface area contributed by atoms with E-state index in [0.29, 0.717) is 23.6 Å². The molecule has 0 spiro atoms. The van der Waals surface area contributed by atoms with E-state index in [1.165, 1.54) is 24.3 Å². The van der Waals surface area contributed by atoms with E-state index in [9.17, 15) is 9.18 Å². The lowest BCUT2D eigenvalue weighted by atomic mass is 10.2. The maximum Gasteiger partial charge on any atom is 0.251 e. The van der Waals surface area contributed by atoms with Gasteiger partial charge in [-0.05, 0) is 18.2 Å². The molecule has 0 radical (unpaired) electrons. The number of nitrogens with one attached hydrogen (secondary N) is 2. The second-order valence-corrected chi connectivity index (χ2v) is 5.15. The standard InChI is InChI=1S/C14H15ClFN3O/c1-8(2)17-7-10-6-13(20)19-14(18-10)11-4-3-9(16)5-12(11)15/h3-6,8,17H,7H2,1-2H3,(H,18,19,20). The predicted octanol–water partition coefficient (Wildman–Crippen LogP) is 2.73. The summed E-state index contributed by atoms with van der Waals surface area (Å²) in [4.78, 5) is 18.6. The maximum atomic E-state index is 13.0. The van der Waals surface area contributed by atoms with Crippen LogP contribution in [0.2, 0.25) is 5.02 Å². The molecule has 1 heterocycles. The molecular formula is C14H15ClFN3O. The Morgan fingerprint density at radius 2 is 2.15 bits per heavy atom. The summed E-state index contributed by atoms with van der Waals surface area (Å²) < 4.78 is 13.0. The van der Waals surface area contributed by atoms with Crippen molar-refractivity contribution in [3.63, 3.8) is 0 Å². The SMILES string of the molecule is CC(C)NCc1cc(=O)[nH]c(-c2ccc(F)cc2Cl)n1. The van der Waals surface area contributed by atoms with Gasteiger partial charge in [0.1, 0.15) is 11.6 Å². The Labute approximate surface area is 121 Å². The fourth-order valence-corrected chi connectivity index (χ4v) is 1.97. The van der Waals surface area contributed by atoms with Gasteiger partial charge < -0.3 is 10.3 Å². The van der Waals surface area contributed by atoms with Crippen LogP contribution in [0.5, 0.6) is 0 Å². The van der Waals surface area contributed by atoms with E-state index in [1.807, 2.05) is 13.8 Å². The second-order valence-electron chi connectivity index (χ2n) is 4.75. The lowest BCUT2D eigenvalue weighted by Gasteiger charge is -2.09. The third kappa shape index (κ3) is 3.65. The first-order valence-corrected chi connectivity index (χ1v) is 6.62. The van der Waals surface area contributed by atoms with Gasteiger partial charge in [-0.2, -0.15) is 0 Å². The normalized spacial score (nSPS) is 11.1. The lowest BCUT2D eigenvalue weighted by molar-refractivity contribution is 0.580. The molecule has 4 nitrogen and oxygen atoms in total. The van der Waals surface area contributed by atoms with Crippen molar-refractivity contribution in [2.24, 2.45) is 0 Å². The minimum absolute atomic E-state index is 0.210. The van der Waals surface area contributed by atoms with Crippen LogP contribution in [0.15, 0.2) is 29.1 Å². The second kappa shape index (κ2) is 6.15. The topological polar surface area (TPSA) is 57.8 Å². The molecule has 6 heteroatoms. The first-order valence-electron chi connectivity index (χ1n) is 6.25. The van der Waals surface area contributed by atoms with Gasteiger partial charge in [-0.15, -0.1) is 0 Å². The van der Waals surface area contributed by atoms with Crippen molar-refractivity contribution >= 4 is 11.6 Å². The van der Waals surface area contributed by atoms with Gasteiger partial charge in [0, 0.05) is 24.2 Å². The van der Waals surface area contributed by atoms with E-state index < -0.39 is 5.82 Å². The lowest BCUT2D eigenvalue weighted by Crippen LogP contribution is -2.24. The largest absolute Gasteiger partial charge is 0.309 e. The molecule has 20 heavy (non-hydrogen) atoms. The van der Waals surface area contributed by atoms with Crippen LogP contribution < -0.4 is 10.9 Å². The minimum Gasteiger partial charge on any atom is -0.309 e. The van der Waals surface area contributed by atoms with Crippen LogP contribution in [0.25, 0.3) is 11.4 Å². The molecule has 2 rings (SSSR count). The number of nitrogens with zero attached hydrogens (tertiary/aromatic N) is 1. The van der Waals surface area contributed by atoms with Gasteiger partial charge in [-0.1, -0.05) is 25.4 Å². The summed E-state index contributed by atoms with van der Waals surface area (Å²) in [5.41, 5.74) is 0.838. The number of rotatable bonds is 4. The number of hydrogen-bond acceptors (Lipinski definition) is 3. The van der Waals surface area contributed by atoms with E-state index >= 15 is 0 Å². The zero-order chi connectivity index (χ0) is 14.7. The highest BCUT2D eigenvalue weighted by Crippen LogP contribution is 2.25. The summed E-state index contributed by atoms with van der Waals surface area (Å²) >= 11 is 5.98. The zero-order valence-corrected chi connectivity index (χ0v) is 12.0. The first kappa shape index (κ1) is 14.7. The summed E-state index contributed by atoms with van der Waals surface area (Å²) in [5, 5.41) is 3.39. The van der Waals surface area contributed by atoms with E-state index in [0.717, 1.165) is 0 Å². The van der Waals surface area contributed by atoms with Gasteiger partial charge in [0.15, 0.2) is 0 Å². The Morgan fingerprint density at radius 1 is 1.40 bits per heavy atom. The van der Waals surface area contributed by atoms with Crippen molar-refractivity contribution in [2.75, 3.05) is 0 Å². The van der Waals surface area contributed by atoms with Gasteiger partial charge in [0.2, 0.25) is 0 Å². The molecule has 1 aromatic carbocycles. The number of aromatic amines is 1. The molecule has 0 saturated heterocycles. The molecule has 0 saturated carbocycles. The Kier molecular flexibility index (Phi) is 4.52. The van der Waals surface area contributed by atoms with Gasteiger partial charge in [-0.3, -0.25) is 4.79 Å². The number of benzene rings is 1. The van der Waals surface area contributed by atoms with E-state index in [4.69, 9.17) is 11.6 Å². The highest BCUT2D eigenvalue weighted by molar-refractivity contribution is 6.33. The molecule has 0 aliphatic heterocycles. The van der Waals surface area contributed by atoms with E-state index in [2.05, 4.69) is 15.3 Å². The van der Waals surface area contributed by atoms with Gasteiger partial charge in [0.25, 0.3) is 5.56 Å². The first-order chi connectivity index (χ1) is 9.45. The number of H-pyrrole nitrogens is 1. The van der Waals surface area contributed by atoms with Crippen molar-refractivity contribution in [3.05, 3.63) is 51.2 Å². The number of aromatic nitrogens is 2. The van der Waals surface area contributed by atoms with Crippen LogP contribution >= 0.6 is 11.6 Å². The third-order valence-corrected chi connectivity index (χ3v) is 2.99. The van der Waals surface area contributed by atoms with Crippen LogP contribution in [-0.4, -0.2) is 16.0 Å². The Bertz CT molecular complexity index is 670. The summed E-state index contributed by atoms with van der Waals surface area (Å²) in [6.45, 7) is 4.49. The van der Waals surface area contributed by atoms with Crippen molar-refractivity contribution in [3.8, 4) is 11.4 Å². The van der Waals surface area contributed by atoms with Crippen LogP contribution in [0.1, 0.15) is 19.5 Å². The Balaban J connectivity index is 2.39. The fraction of sp³-hybridized carbons (Fsp3) is 0.286. The average Bonchev–Trinajstić information content (AvgIpc) is 2.35. The van der Waals surface area contributed by atoms with Crippen LogP contribution in [0, 0.1) is 5.82 Å². The molecule has 1 aromatic heterocycles. The zero-order valence-electron chi connectivity index (χ0n) is 11.2. The van der Waals surface area contributed by atoms with Crippen molar-refractivity contribution in [1.82, 2.24) is 15.3 Å². The average molecular weight is 296 g/mol. The smallest absolute Gasteiger partial charge is 0.251 e. The molecule has 0 atom stereocenters. The summed E-state index contributed by atoms with van der Waals surface area (Å²) in [5.74, 6) is -0.0956. The summed E-state index contributed by atoms with van der Waals surface area (Å²) in [6.07, 6.45) is 0. The van der Waals surface area contributed by atoms with E-state index in [1.54, 1.807) is 0 Å². The van der Waals surface area contributed by atoms with Gasteiger partial charge in [-0.25, -0.2) is 9.37 Å². The van der Waals surface area contributed by atoms with Gasteiger partial charge in [0.05, 0.1) is 10.7 Å². The van der Waals surface area contributed by atoms with Crippen LogP contribution in [0.3, 0.4) is 0 Å². The minimum atomic E-state index is -0.432. The van der Waals surface area contributed by atoms with Crippen LogP contribution in [0.4, 0.5) is 4.39 Å². The predicted molar refractivity (Wildman–Crippen MR) is 77.2 cm³/mol. The van der Waals surface area contributed by atoms with Crippen LogP contribution in [-0.2, 0) is 6.54 Å². The van der Waals surface area contributed by atoms with Gasteiger partial charge >= 0.3 is 0 Å². The molecule has 0 bridgehead atoms. The fourth-order valence-electron chi connectivity index (χ4n) is 1.72.